The molecule has 1 saturated heterocycles. The van der Waals surface area contributed by atoms with E-state index >= 15 is 0 Å². The molecule has 3 rings (SSSR count). The zero-order valence-corrected chi connectivity index (χ0v) is 14.7. The topological polar surface area (TPSA) is 38.8 Å². The molecule has 2 aromatic rings. The first kappa shape index (κ1) is 17.2. The first-order chi connectivity index (χ1) is 12.2. The molecule has 0 aromatic heterocycles. The van der Waals surface area contributed by atoms with Gasteiger partial charge in [-0.3, -0.25) is 9.69 Å². The van der Waals surface area contributed by atoms with Crippen LogP contribution in [0.5, 0.6) is 11.5 Å². The molecular formula is C21H23NO3. The number of benzene rings is 2. The summed E-state index contributed by atoms with van der Waals surface area (Å²) in [5.74, 6) is 1.69. The number of carbonyl (C=O) groups excluding carboxylic acids is 1. The van der Waals surface area contributed by atoms with E-state index in [4.69, 9.17) is 9.47 Å². The van der Waals surface area contributed by atoms with Gasteiger partial charge in [0.15, 0.2) is 5.78 Å². The second-order valence-corrected chi connectivity index (χ2v) is 6.15. The third-order valence-electron chi connectivity index (χ3n) is 4.42. The lowest BCUT2D eigenvalue weighted by atomic mass is 9.99. The predicted molar refractivity (Wildman–Crippen MR) is 98.9 cm³/mol. The number of rotatable bonds is 5. The van der Waals surface area contributed by atoms with Crippen molar-refractivity contribution in [3.8, 4) is 11.5 Å². The molecule has 0 atom stereocenters. The molecule has 2 aromatic carbocycles. The van der Waals surface area contributed by atoms with E-state index in [1.807, 2.05) is 42.5 Å². The number of methoxy groups -OCH3 is 2. The molecular weight excluding hydrogens is 314 g/mol. The van der Waals surface area contributed by atoms with Gasteiger partial charge in [0, 0.05) is 37.2 Å². The van der Waals surface area contributed by atoms with Crippen LogP contribution in [0.4, 0.5) is 0 Å². The van der Waals surface area contributed by atoms with E-state index in [9.17, 15) is 4.79 Å². The summed E-state index contributed by atoms with van der Waals surface area (Å²) in [5, 5.41) is 0. The van der Waals surface area contributed by atoms with Gasteiger partial charge in [0.05, 0.1) is 14.2 Å². The summed E-state index contributed by atoms with van der Waals surface area (Å²) >= 11 is 0. The van der Waals surface area contributed by atoms with Gasteiger partial charge in [-0.15, -0.1) is 0 Å². The zero-order chi connectivity index (χ0) is 17.6. The van der Waals surface area contributed by atoms with Crippen LogP contribution in [0.2, 0.25) is 0 Å². The van der Waals surface area contributed by atoms with Crippen LogP contribution in [0, 0.1) is 0 Å². The minimum atomic E-state index is 0.203. The summed E-state index contributed by atoms with van der Waals surface area (Å²) in [7, 11) is 3.26. The Hall–Kier alpha value is -2.59. The second-order valence-electron chi connectivity index (χ2n) is 6.15. The van der Waals surface area contributed by atoms with E-state index < -0.39 is 0 Å². The fourth-order valence-corrected chi connectivity index (χ4v) is 3.07. The summed E-state index contributed by atoms with van der Waals surface area (Å²) < 4.78 is 10.7. The monoisotopic (exact) mass is 337 g/mol. The Kier molecular flexibility index (Phi) is 5.51. The zero-order valence-electron chi connectivity index (χ0n) is 14.7. The number of hydrogen-bond donors (Lipinski definition) is 0. The van der Waals surface area contributed by atoms with E-state index in [0.717, 1.165) is 35.7 Å². The molecule has 130 valence electrons. The fraction of sp³-hybridized carbons (Fsp3) is 0.286. The maximum absolute atomic E-state index is 12.4. The summed E-state index contributed by atoms with van der Waals surface area (Å²) in [4.78, 5) is 14.7. The van der Waals surface area contributed by atoms with Crippen molar-refractivity contribution in [2.24, 2.45) is 0 Å². The van der Waals surface area contributed by atoms with Gasteiger partial charge in [-0.05, 0) is 29.8 Å². The molecule has 4 nitrogen and oxygen atoms in total. The van der Waals surface area contributed by atoms with E-state index in [2.05, 4.69) is 17.0 Å². The Morgan fingerprint density at radius 1 is 1.08 bits per heavy atom. The van der Waals surface area contributed by atoms with Crippen molar-refractivity contribution in [3.63, 3.8) is 0 Å². The highest BCUT2D eigenvalue weighted by Crippen LogP contribution is 2.27. The van der Waals surface area contributed by atoms with Crippen LogP contribution in [0.15, 0.2) is 54.1 Å². The number of likely N-dealkylation sites (tertiary alicyclic amines) is 1. The van der Waals surface area contributed by atoms with Crippen LogP contribution in [0.1, 0.15) is 17.5 Å². The Labute approximate surface area is 148 Å². The molecule has 0 bridgehead atoms. The average molecular weight is 337 g/mol. The maximum atomic E-state index is 12.4. The predicted octanol–water partition coefficient (Wildman–Crippen LogP) is 3.56. The smallest absolute Gasteiger partial charge is 0.161 e. The molecule has 1 fully saturated rings. The quantitative estimate of drug-likeness (QED) is 0.782. The highest BCUT2D eigenvalue weighted by Gasteiger charge is 2.22. The molecule has 1 heterocycles. The van der Waals surface area contributed by atoms with Gasteiger partial charge in [-0.1, -0.05) is 30.3 Å². The van der Waals surface area contributed by atoms with Crippen molar-refractivity contribution < 1.29 is 14.3 Å². The molecule has 0 spiro atoms. The molecule has 25 heavy (non-hydrogen) atoms. The Balaban J connectivity index is 1.82. The highest BCUT2D eigenvalue weighted by molar-refractivity contribution is 6.01. The highest BCUT2D eigenvalue weighted by atomic mass is 16.5. The van der Waals surface area contributed by atoms with Gasteiger partial charge in [0.25, 0.3) is 0 Å². The third kappa shape index (κ3) is 4.28. The SMILES string of the molecule is COc1ccc(OC)c(/C=C2\CN(Cc3ccccc3)CCC2=O)c1. The molecule has 0 radical (unpaired) electrons. The molecule has 0 N–H and O–H groups in total. The lowest BCUT2D eigenvalue weighted by Gasteiger charge is -2.28. The van der Waals surface area contributed by atoms with Gasteiger partial charge in [-0.2, -0.15) is 0 Å². The van der Waals surface area contributed by atoms with Gasteiger partial charge in [0.1, 0.15) is 11.5 Å². The lowest BCUT2D eigenvalue weighted by Crippen LogP contribution is -2.35. The first-order valence-corrected chi connectivity index (χ1v) is 8.41. The van der Waals surface area contributed by atoms with Gasteiger partial charge >= 0.3 is 0 Å². The summed E-state index contributed by atoms with van der Waals surface area (Å²) in [6.45, 7) is 2.29. The van der Waals surface area contributed by atoms with Crippen LogP contribution in [0.3, 0.4) is 0 Å². The minimum Gasteiger partial charge on any atom is -0.497 e. The Morgan fingerprint density at radius 3 is 2.60 bits per heavy atom. The number of piperidine rings is 1. The number of nitrogens with zero attached hydrogens (tertiary/aromatic N) is 1. The van der Waals surface area contributed by atoms with E-state index in [0.29, 0.717) is 13.0 Å². The van der Waals surface area contributed by atoms with Gasteiger partial charge in [0.2, 0.25) is 0 Å². The van der Waals surface area contributed by atoms with Crippen molar-refractivity contribution in [1.29, 1.82) is 0 Å². The van der Waals surface area contributed by atoms with Crippen molar-refractivity contribution in [1.82, 2.24) is 4.90 Å². The minimum absolute atomic E-state index is 0.203. The lowest BCUT2D eigenvalue weighted by molar-refractivity contribution is -0.117. The second kappa shape index (κ2) is 7.99. The third-order valence-corrected chi connectivity index (χ3v) is 4.42. The fourth-order valence-electron chi connectivity index (χ4n) is 3.07. The molecule has 1 aliphatic heterocycles. The molecule has 0 saturated carbocycles. The van der Waals surface area contributed by atoms with Crippen LogP contribution in [0.25, 0.3) is 6.08 Å². The normalized spacial score (nSPS) is 16.9. The summed E-state index contributed by atoms with van der Waals surface area (Å²) in [5.41, 5.74) is 2.94. The molecule has 0 unspecified atom stereocenters. The van der Waals surface area contributed by atoms with Crippen LogP contribution < -0.4 is 9.47 Å². The number of carbonyl (C=O) groups is 1. The van der Waals surface area contributed by atoms with Crippen molar-refractivity contribution in [3.05, 3.63) is 65.2 Å². The van der Waals surface area contributed by atoms with Crippen LogP contribution in [-0.2, 0) is 11.3 Å². The molecule has 0 amide bonds. The largest absolute Gasteiger partial charge is 0.497 e. The maximum Gasteiger partial charge on any atom is 0.161 e. The molecule has 1 aliphatic rings. The van der Waals surface area contributed by atoms with E-state index in [1.54, 1.807) is 14.2 Å². The Bertz CT molecular complexity index is 768. The number of hydrogen-bond acceptors (Lipinski definition) is 4. The molecule has 4 heteroatoms. The van der Waals surface area contributed by atoms with Crippen LogP contribution >= 0.6 is 0 Å². The van der Waals surface area contributed by atoms with Crippen molar-refractivity contribution >= 4 is 11.9 Å². The van der Waals surface area contributed by atoms with E-state index in [1.165, 1.54) is 5.56 Å². The van der Waals surface area contributed by atoms with E-state index in [-0.39, 0.29) is 5.78 Å². The van der Waals surface area contributed by atoms with Crippen LogP contribution in [-0.4, -0.2) is 38.0 Å². The summed E-state index contributed by atoms with van der Waals surface area (Å²) in [6.07, 6.45) is 2.48. The molecule has 0 aliphatic carbocycles. The van der Waals surface area contributed by atoms with Crippen molar-refractivity contribution in [2.75, 3.05) is 27.3 Å². The van der Waals surface area contributed by atoms with Crippen molar-refractivity contribution in [2.45, 2.75) is 13.0 Å². The average Bonchev–Trinajstić information content (AvgIpc) is 2.65. The Morgan fingerprint density at radius 2 is 1.88 bits per heavy atom. The number of ether oxygens (including phenoxy) is 2. The number of Topliss-reactive ketones (excluding diaryl/α,β-unsaturated/α-hetero) is 1. The van der Waals surface area contributed by atoms with Gasteiger partial charge in [-0.25, -0.2) is 0 Å². The standard InChI is InChI=1S/C21H23NO3/c1-24-19-8-9-21(25-2)17(13-19)12-18-15-22(11-10-20(18)23)14-16-6-4-3-5-7-16/h3-9,12-13H,10-11,14-15H2,1-2H3/b18-12+. The van der Waals surface area contributed by atoms with Gasteiger partial charge < -0.3 is 9.47 Å². The first-order valence-electron chi connectivity index (χ1n) is 8.41. The summed E-state index contributed by atoms with van der Waals surface area (Å²) in [6, 6.07) is 15.9. The number of ketones is 1.